The number of nitrogens with zero attached hydrogens (tertiary/aromatic N) is 1. The van der Waals surface area contributed by atoms with Crippen molar-refractivity contribution >= 4 is 28.7 Å². The van der Waals surface area contributed by atoms with Gasteiger partial charge in [0.05, 0.1) is 29.4 Å². The maximum absolute atomic E-state index is 12.7. The van der Waals surface area contributed by atoms with Gasteiger partial charge < -0.3 is 14.8 Å². The zero-order chi connectivity index (χ0) is 22.4. The molecule has 1 N–H and O–H groups in total. The molecule has 0 aliphatic carbocycles. The Morgan fingerprint density at radius 3 is 2.39 bits per heavy atom. The lowest BCUT2D eigenvalue weighted by atomic mass is 10.0. The number of pyridine rings is 1. The largest absolute Gasteiger partial charge is 0.465 e. The Morgan fingerprint density at radius 2 is 1.71 bits per heavy atom. The van der Waals surface area contributed by atoms with Crippen LogP contribution in [0.4, 0.5) is 0 Å². The normalized spacial score (nSPS) is 10.5. The number of hydrogen-bond acceptors (Lipinski definition) is 6. The Balaban J connectivity index is 1.61. The summed E-state index contributed by atoms with van der Waals surface area (Å²) in [5.41, 5.74) is 3.90. The zero-order valence-electron chi connectivity index (χ0n) is 17.7. The first-order valence-electron chi connectivity index (χ1n) is 9.93. The van der Waals surface area contributed by atoms with Gasteiger partial charge in [0.1, 0.15) is 0 Å². The molecule has 0 spiro atoms. The van der Waals surface area contributed by atoms with Crippen LogP contribution >= 0.6 is 0 Å². The predicted molar refractivity (Wildman–Crippen MR) is 116 cm³/mol. The predicted octanol–water partition coefficient (Wildman–Crippen LogP) is 3.37. The number of amides is 1. The molecule has 0 saturated heterocycles. The van der Waals surface area contributed by atoms with E-state index in [9.17, 15) is 14.4 Å². The lowest BCUT2D eigenvalue weighted by Gasteiger charge is -2.13. The summed E-state index contributed by atoms with van der Waals surface area (Å²) >= 11 is 0. The van der Waals surface area contributed by atoms with Gasteiger partial charge in [0.2, 0.25) is 0 Å². The average molecular weight is 420 g/mol. The van der Waals surface area contributed by atoms with Gasteiger partial charge in [-0.05, 0) is 42.7 Å². The highest BCUT2D eigenvalue weighted by atomic mass is 16.5. The summed E-state index contributed by atoms with van der Waals surface area (Å²) in [6, 6.07) is 14.3. The Labute approximate surface area is 180 Å². The molecule has 0 aliphatic rings. The third kappa shape index (κ3) is 5.06. The summed E-state index contributed by atoms with van der Waals surface area (Å²) in [6.45, 7) is 3.63. The Hall–Kier alpha value is -3.74. The van der Waals surface area contributed by atoms with Crippen LogP contribution in [0.15, 0.2) is 48.5 Å². The van der Waals surface area contributed by atoms with Crippen molar-refractivity contribution < 1.29 is 23.9 Å². The Morgan fingerprint density at radius 1 is 1.00 bits per heavy atom. The second kappa shape index (κ2) is 9.84. The summed E-state index contributed by atoms with van der Waals surface area (Å²) in [5, 5.41) is 3.57. The van der Waals surface area contributed by atoms with Gasteiger partial charge in [0.15, 0.2) is 6.61 Å². The van der Waals surface area contributed by atoms with E-state index in [1.165, 1.54) is 7.11 Å². The first-order chi connectivity index (χ1) is 14.9. The fraction of sp³-hybridized carbons (Fsp3) is 0.250. The molecule has 7 heteroatoms. The van der Waals surface area contributed by atoms with Gasteiger partial charge in [-0.1, -0.05) is 37.3 Å². The molecule has 0 bridgehead atoms. The molecule has 0 fully saturated rings. The molecule has 0 aliphatic heterocycles. The van der Waals surface area contributed by atoms with E-state index in [2.05, 4.69) is 15.0 Å². The van der Waals surface area contributed by atoms with Gasteiger partial charge in [-0.2, -0.15) is 0 Å². The highest BCUT2D eigenvalue weighted by Gasteiger charge is 2.20. The maximum atomic E-state index is 12.7. The van der Waals surface area contributed by atoms with Crippen molar-refractivity contribution in [3.8, 4) is 0 Å². The molecule has 3 aromatic rings. The molecule has 3 rings (SSSR count). The first-order valence-corrected chi connectivity index (χ1v) is 9.93. The van der Waals surface area contributed by atoms with Gasteiger partial charge >= 0.3 is 11.9 Å². The first kappa shape index (κ1) is 22.0. The number of rotatable bonds is 7. The van der Waals surface area contributed by atoms with Crippen LogP contribution in [-0.4, -0.2) is 36.5 Å². The van der Waals surface area contributed by atoms with E-state index < -0.39 is 24.5 Å². The second-order valence-electron chi connectivity index (χ2n) is 6.97. The molecule has 1 amide bonds. The van der Waals surface area contributed by atoms with Crippen LogP contribution in [0.5, 0.6) is 0 Å². The number of aryl methyl sites for hydroxylation is 2. The van der Waals surface area contributed by atoms with Crippen LogP contribution in [-0.2, 0) is 27.2 Å². The molecular weight excluding hydrogens is 396 g/mol. The molecule has 0 atom stereocenters. The van der Waals surface area contributed by atoms with E-state index in [1.54, 1.807) is 24.3 Å². The summed E-state index contributed by atoms with van der Waals surface area (Å²) in [7, 11) is 1.32. The van der Waals surface area contributed by atoms with E-state index in [4.69, 9.17) is 4.74 Å². The third-order valence-corrected chi connectivity index (χ3v) is 4.97. The quantitative estimate of drug-likeness (QED) is 0.589. The molecule has 7 nitrogen and oxygen atoms in total. The monoisotopic (exact) mass is 420 g/mol. The molecule has 2 aromatic carbocycles. The minimum atomic E-state index is -0.565. The van der Waals surface area contributed by atoms with Crippen LogP contribution < -0.4 is 5.32 Å². The standard InChI is InChI=1S/C24H24N2O5/c1-4-19-22(15(2)18-7-5-6-8-20(18)26-19)24(29)31-14-21(27)25-13-16-9-11-17(12-10-16)23(28)30-3/h5-12H,4,13-14H2,1-3H3,(H,25,27). The zero-order valence-corrected chi connectivity index (χ0v) is 17.7. The lowest BCUT2D eigenvalue weighted by Crippen LogP contribution is -2.28. The smallest absolute Gasteiger partial charge is 0.340 e. The van der Waals surface area contributed by atoms with E-state index in [0.29, 0.717) is 23.2 Å². The van der Waals surface area contributed by atoms with E-state index in [-0.39, 0.29) is 6.54 Å². The number of carbonyl (C=O) groups excluding carboxylic acids is 3. The number of benzene rings is 2. The number of para-hydroxylation sites is 1. The number of ether oxygens (including phenoxy) is 2. The molecule has 1 aromatic heterocycles. The number of fused-ring (bicyclic) bond motifs is 1. The van der Waals surface area contributed by atoms with Gasteiger partial charge in [0, 0.05) is 11.9 Å². The van der Waals surface area contributed by atoms with Crippen molar-refractivity contribution in [3.05, 3.63) is 76.5 Å². The van der Waals surface area contributed by atoms with Crippen molar-refractivity contribution in [2.45, 2.75) is 26.8 Å². The van der Waals surface area contributed by atoms with Crippen molar-refractivity contribution in [3.63, 3.8) is 0 Å². The topological polar surface area (TPSA) is 94.6 Å². The van der Waals surface area contributed by atoms with Crippen molar-refractivity contribution in [1.29, 1.82) is 0 Å². The number of carbonyl (C=O) groups is 3. The number of nitrogens with one attached hydrogen (secondary N) is 1. The van der Waals surface area contributed by atoms with E-state index >= 15 is 0 Å². The van der Waals surface area contributed by atoms with E-state index in [0.717, 1.165) is 22.0 Å². The van der Waals surface area contributed by atoms with Crippen molar-refractivity contribution in [1.82, 2.24) is 10.3 Å². The Kier molecular flexibility index (Phi) is 6.97. The number of aromatic nitrogens is 1. The minimum absolute atomic E-state index is 0.245. The van der Waals surface area contributed by atoms with Crippen LogP contribution in [0.1, 0.15) is 44.5 Å². The Bertz CT molecular complexity index is 1120. The van der Waals surface area contributed by atoms with Gasteiger partial charge in [-0.15, -0.1) is 0 Å². The lowest BCUT2D eigenvalue weighted by molar-refractivity contribution is -0.124. The molecular formula is C24H24N2O5. The molecule has 160 valence electrons. The number of methoxy groups -OCH3 is 1. The average Bonchev–Trinajstić information content (AvgIpc) is 2.80. The molecule has 1 heterocycles. The molecule has 0 unspecified atom stereocenters. The van der Waals surface area contributed by atoms with E-state index in [1.807, 2.05) is 38.1 Å². The maximum Gasteiger partial charge on any atom is 0.340 e. The highest BCUT2D eigenvalue weighted by Crippen LogP contribution is 2.24. The summed E-state index contributed by atoms with van der Waals surface area (Å²) in [4.78, 5) is 40.9. The van der Waals surface area contributed by atoms with Crippen LogP contribution in [0.25, 0.3) is 10.9 Å². The second-order valence-corrected chi connectivity index (χ2v) is 6.97. The molecule has 31 heavy (non-hydrogen) atoms. The molecule has 0 radical (unpaired) electrons. The van der Waals surface area contributed by atoms with Gasteiger partial charge in [0.25, 0.3) is 5.91 Å². The molecule has 0 saturated carbocycles. The van der Waals surface area contributed by atoms with Crippen molar-refractivity contribution in [2.24, 2.45) is 0 Å². The van der Waals surface area contributed by atoms with Crippen LogP contribution in [0.2, 0.25) is 0 Å². The summed E-state index contributed by atoms with van der Waals surface area (Å²) in [5.74, 6) is -1.41. The third-order valence-electron chi connectivity index (χ3n) is 4.97. The van der Waals surface area contributed by atoms with Crippen molar-refractivity contribution in [2.75, 3.05) is 13.7 Å². The number of esters is 2. The highest BCUT2D eigenvalue weighted by molar-refractivity contribution is 5.99. The van der Waals surface area contributed by atoms with Gasteiger partial charge in [-0.25, -0.2) is 9.59 Å². The fourth-order valence-electron chi connectivity index (χ4n) is 3.30. The minimum Gasteiger partial charge on any atom is -0.465 e. The fourth-order valence-corrected chi connectivity index (χ4v) is 3.30. The van der Waals surface area contributed by atoms with Crippen LogP contribution in [0.3, 0.4) is 0 Å². The summed E-state index contributed by atoms with van der Waals surface area (Å²) < 4.78 is 9.92. The summed E-state index contributed by atoms with van der Waals surface area (Å²) in [6.07, 6.45) is 0.573. The van der Waals surface area contributed by atoms with Crippen LogP contribution in [0, 0.1) is 6.92 Å². The van der Waals surface area contributed by atoms with Gasteiger partial charge in [-0.3, -0.25) is 9.78 Å². The number of hydrogen-bond donors (Lipinski definition) is 1. The SMILES string of the molecule is CCc1nc2ccccc2c(C)c1C(=O)OCC(=O)NCc1ccc(C(=O)OC)cc1.